The molecule has 4 heteroatoms. The van der Waals surface area contributed by atoms with Gasteiger partial charge in [0.25, 0.3) is 0 Å². The fourth-order valence-electron chi connectivity index (χ4n) is 0.335. The lowest BCUT2D eigenvalue weighted by Gasteiger charge is -1.93. The third kappa shape index (κ3) is 1.64. The van der Waals surface area contributed by atoms with Crippen LogP contribution in [0.1, 0.15) is 2.74 Å². The molecule has 0 aliphatic carbocycles. The van der Waals surface area contributed by atoms with Crippen LogP contribution in [0.2, 0.25) is 0 Å². The second kappa shape index (κ2) is 2.77. The van der Waals surface area contributed by atoms with Crippen LogP contribution in [0.5, 0.6) is 6.01 Å². The van der Waals surface area contributed by atoms with E-state index in [1.165, 1.54) is 7.11 Å². The van der Waals surface area contributed by atoms with Gasteiger partial charge in [-0.1, -0.05) is 0 Å². The second-order valence-corrected chi connectivity index (χ2v) is 2.04. The minimum absolute atomic E-state index is 0.0400. The smallest absolute Gasteiger partial charge is 0.316 e. The van der Waals surface area contributed by atoms with Crippen molar-refractivity contribution in [2.24, 2.45) is 0 Å². The van der Waals surface area contributed by atoms with E-state index in [2.05, 4.69) is 30.6 Å². The number of methoxy groups -OCH3 is 1. The van der Waals surface area contributed by atoms with E-state index in [1.54, 1.807) is 0 Å². The number of ether oxygens (including phenoxy) is 1. The molecule has 1 rings (SSSR count). The van der Waals surface area contributed by atoms with Gasteiger partial charge in [0.2, 0.25) is 0 Å². The standard InChI is InChI=1S/C5H5BrN2O/c1-9-5-7-2-4(6)3-8-5/h2-3H,1H3/i2D,3D. The van der Waals surface area contributed by atoms with Crippen LogP contribution in [0, 0.1) is 0 Å². The van der Waals surface area contributed by atoms with Crippen molar-refractivity contribution in [3.05, 3.63) is 16.8 Å². The first-order chi connectivity index (χ1) is 5.15. The van der Waals surface area contributed by atoms with Crippen LogP contribution in [0.4, 0.5) is 0 Å². The van der Waals surface area contributed by atoms with E-state index >= 15 is 0 Å². The molecule has 48 valence electrons. The van der Waals surface area contributed by atoms with Gasteiger partial charge in [-0.15, -0.1) is 0 Å². The van der Waals surface area contributed by atoms with Gasteiger partial charge in [0.1, 0.15) is 0 Å². The summed E-state index contributed by atoms with van der Waals surface area (Å²) in [6.07, 6.45) is -0.0799. The minimum Gasteiger partial charge on any atom is -0.467 e. The van der Waals surface area contributed by atoms with Gasteiger partial charge in [0.05, 0.1) is 14.3 Å². The van der Waals surface area contributed by atoms with Crippen molar-refractivity contribution in [1.82, 2.24) is 9.97 Å². The van der Waals surface area contributed by atoms with Gasteiger partial charge in [0, 0.05) is 12.3 Å². The number of hydrogen-bond donors (Lipinski definition) is 0. The van der Waals surface area contributed by atoms with Crippen LogP contribution in [-0.2, 0) is 0 Å². The van der Waals surface area contributed by atoms with Gasteiger partial charge < -0.3 is 4.74 Å². The zero-order valence-corrected chi connectivity index (χ0v) is 6.27. The molecule has 0 unspecified atom stereocenters. The average molecular weight is 191 g/mol. The van der Waals surface area contributed by atoms with Crippen molar-refractivity contribution >= 4 is 15.9 Å². The zero-order chi connectivity index (χ0) is 8.43. The molecule has 0 fully saturated rings. The van der Waals surface area contributed by atoms with Crippen LogP contribution in [0.25, 0.3) is 0 Å². The highest BCUT2D eigenvalue weighted by Crippen LogP contribution is 2.06. The van der Waals surface area contributed by atoms with Gasteiger partial charge in [-0.2, -0.15) is 0 Å². The molecule has 0 amide bonds. The maximum Gasteiger partial charge on any atom is 0.316 e. The molecule has 9 heavy (non-hydrogen) atoms. The van der Waals surface area contributed by atoms with Gasteiger partial charge in [-0.05, 0) is 15.9 Å². The molecular weight excluding hydrogens is 184 g/mol. The summed E-state index contributed by atoms with van der Waals surface area (Å²) in [7, 11) is 1.39. The molecule has 0 aromatic carbocycles. The second-order valence-electron chi connectivity index (χ2n) is 1.25. The normalized spacial score (nSPS) is 12.2. The summed E-state index contributed by atoms with van der Waals surface area (Å²) in [6, 6.07) is 0.0446. The summed E-state index contributed by atoms with van der Waals surface area (Å²) in [5, 5.41) is 0. The van der Waals surface area contributed by atoms with E-state index in [0.717, 1.165) is 0 Å². The van der Waals surface area contributed by atoms with Gasteiger partial charge in [-0.3, -0.25) is 0 Å². The third-order valence-corrected chi connectivity index (χ3v) is 1.04. The van der Waals surface area contributed by atoms with Crippen LogP contribution in [-0.4, -0.2) is 17.1 Å². The molecule has 0 bridgehead atoms. The van der Waals surface area contributed by atoms with E-state index in [1.807, 2.05) is 0 Å². The Kier molecular flexibility index (Phi) is 1.30. The number of rotatable bonds is 1. The van der Waals surface area contributed by atoms with E-state index in [-0.39, 0.29) is 22.8 Å². The molecule has 1 aromatic rings. The Morgan fingerprint density at radius 2 is 2.22 bits per heavy atom. The van der Waals surface area contributed by atoms with Gasteiger partial charge >= 0.3 is 6.01 Å². The third-order valence-electron chi connectivity index (χ3n) is 0.682. The molecule has 0 N–H and O–H groups in total. The first-order valence-corrected chi connectivity index (χ1v) is 2.99. The number of aromatic nitrogens is 2. The van der Waals surface area contributed by atoms with Crippen molar-refractivity contribution in [3.63, 3.8) is 0 Å². The van der Waals surface area contributed by atoms with E-state index in [9.17, 15) is 0 Å². The highest BCUT2D eigenvalue weighted by atomic mass is 79.9. The molecule has 0 radical (unpaired) electrons. The maximum atomic E-state index is 7.21. The topological polar surface area (TPSA) is 35.0 Å². The molecule has 1 aromatic heterocycles. The summed E-state index contributed by atoms with van der Waals surface area (Å²) in [4.78, 5) is 7.24. The molecule has 0 aliphatic rings. The van der Waals surface area contributed by atoms with Crippen molar-refractivity contribution < 1.29 is 7.48 Å². The monoisotopic (exact) mass is 190 g/mol. The summed E-state index contributed by atoms with van der Waals surface area (Å²) < 4.78 is 19.3. The lowest BCUT2D eigenvalue weighted by Crippen LogP contribution is -1.89. The maximum absolute atomic E-state index is 7.21. The summed E-state index contributed by atoms with van der Waals surface area (Å²) >= 11 is 2.99. The van der Waals surface area contributed by atoms with Gasteiger partial charge in [-0.25, -0.2) is 9.97 Å². The first kappa shape index (κ1) is 4.22. The Morgan fingerprint density at radius 1 is 1.67 bits per heavy atom. The van der Waals surface area contributed by atoms with Crippen molar-refractivity contribution in [2.75, 3.05) is 7.11 Å². The molecule has 3 nitrogen and oxygen atoms in total. The zero-order valence-electron chi connectivity index (χ0n) is 6.68. The molecule has 1 heterocycles. The molecule has 0 aliphatic heterocycles. The Hall–Kier alpha value is -0.640. The summed E-state index contributed by atoms with van der Waals surface area (Å²) in [5.74, 6) is 0. The molecule has 0 spiro atoms. The predicted octanol–water partition coefficient (Wildman–Crippen LogP) is 1.25. The minimum atomic E-state index is -0.0400. The number of nitrogens with zero attached hydrogens (tertiary/aromatic N) is 2. The fourth-order valence-corrected chi connectivity index (χ4v) is 0.512. The summed E-state index contributed by atoms with van der Waals surface area (Å²) in [5.41, 5.74) is 0. The Balaban J connectivity index is 3.21. The lowest BCUT2D eigenvalue weighted by atomic mass is 10.7. The van der Waals surface area contributed by atoms with Crippen LogP contribution < -0.4 is 4.74 Å². The predicted molar refractivity (Wildman–Crippen MR) is 36.3 cm³/mol. The summed E-state index contributed by atoms with van der Waals surface area (Å²) in [6.45, 7) is 0. The van der Waals surface area contributed by atoms with Gasteiger partial charge in [0.15, 0.2) is 0 Å². The van der Waals surface area contributed by atoms with Crippen LogP contribution in [0.15, 0.2) is 16.8 Å². The first-order valence-electron chi connectivity index (χ1n) is 3.20. The van der Waals surface area contributed by atoms with E-state index in [4.69, 9.17) is 2.74 Å². The van der Waals surface area contributed by atoms with Crippen molar-refractivity contribution in [2.45, 2.75) is 0 Å². The number of halogens is 1. The fraction of sp³-hybridized carbons (Fsp3) is 0.200. The highest BCUT2D eigenvalue weighted by Gasteiger charge is 1.90. The Bertz CT molecular complexity index is 258. The molecule has 0 saturated carbocycles. The number of hydrogen-bond acceptors (Lipinski definition) is 3. The lowest BCUT2D eigenvalue weighted by molar-refractivity contribution is 0.379. The largest absolute Gasteiger partial charge is 0.467 e. The van der Waals surface area contributed by atoms with E-state index in [0.29, 0.717) is 0 Å². The Labute approximate surface area is 64.0 Å². The average Bonchev–Trinajstić information content (AvgIpc) is 1.99. The highest BCUT2D eigenvalue weighted by molar-refractivity contribution is 9.10. The quantitative estimate of drug-likeness (QED) is 0.669. The SMILES string of the molecule is [2H]c1nc(OC)nc([2H])c1Br. The van der Waals surface area contributed by atoms with Crippen LogP contribution in [0.3, 0.4) is 0 Å². The Morgan fingerprint density at radius 3 is 2.67 bits per heavy atom. The van der Waals surface area contributed by atoms with Crippen LogP contribution >= 0.6 is 15.9 Å². The molecule has 0 atom stereocenters. The van der Waals surface area contributed by atoms with Crippen molar-refractivity contribution in [3.8, 4) is 6.01 Å². The van der Waals surface area contributed by atoms with Crippen molar-refractivity contribution in [1.29, 1.82) is 0 Å². The van der Waals surface area contributed by atoms with E-state index < -0.39 is 0 Å². The molecular formula is C5H5BrN2O. The molecule has 0 saturated heterocycles.